The van der Waals surface area contributed by atoms with Crippen molar-refractivity contribution in [2.75, 3.05) is 13.6 Å². The summed E-state index contributed by atoms with van der Waals surface area (Å²) in [6.45, 7) is 3.75. The van der Waals surface area contributed by atoms with Gasteiger partial charge in [-0.25, -0.2) is 18.3 Å². The molecule has 0 amide bonds. The third-order valence-electron chi connectivity index (χ3n) is 2.68. The molecule has 0 aromatic carbocycles. The molecule has 0 radical (unpaired) electrons. The first-order chi connectivity index (χ1) is 9.04. The minimum atomic E-state index is -3.69. The van der Waals surface area contributed by atoms with Crippen LogP contribution in [-0.2, 0) is 26.7 Å². The van der Waals surface area contributed by atoms with Crippen molar-refractivity contribution < 1.29 is 16.8 Å². The molecular formula is C10H19N3O4S3. The summed E-state index contributed by atoms with van der Waals surface area (Å²) in [5.41, 5.74) is 0. The monoisotopic (exact) mass is 341 g/mol. The van der Waals surface area contributed by atoms with E-state index < -0.39 is 20.2 Å². The number of nitrogens with one attached hydrogen (secondary N) is 1. The average molecular weight is 341 g/mol. The minimum absolute atomic E-state index is 0.0784. The van der Waals surface area contributed by atoms with Crippen LogP contribution in [0, 0.1) is 0 Å². The fraction of sp³-hybridized carbons (Fsp3) is 0.600. The first-order valence-corrected chi connectivity index (χ1v) is 9.68. The number of nitrogens with zero attached hydrogens (tertiary/aromatic N) is 1. The molecule has 10 heteroatoms. The van der Waals surface area contributed by atoms with Gasteiger partial charge in [-0.1, -0.05) is 0 Å². The van der Waals surface area contributed by atoms with Gasteiger partial charge >= 0.3 is 0 Å². The van der Waals surface area contributed by atoms with Crippen molar-refractivity contribution in [1.29, 1.82) is 0 Å². The van der Waals surface area contributed by atoms with Crippen molar-refractivity contribution in [2.24, 2.45) is 5.14 Å². The predicted molar refractivity (Wildman–Crippen MR) is 79.2 cm³/mol. The fourth-order valence-electron chi connectivity index (χ4n) is 1.33. The van der Waals surface area contributed by atoms with Crippen LogP contribution in [0.2, 0.25) is 0 Å². The molecular weight excluding hydrogens is 322 g/mol. The number of hydrogen-bond acceptors (Lipinski definition) is 5. The van der Waals surface area contributed by atoms with Crippen LogP contribution < -0.4 is 9.86 Å². The van der Waals surface area contributed by atoms with Gasteiger partial charge in [0.25, 0.3) is 10.2 Å². The molecule has 3 N–H and O–H groups in total. The summed E-state index contributed by atoms with van der Waals surface area (Å²) in [6, 6.07) is 2.91. The Balaban J connectivity index is 2.60. The van der Waals surface area contributed by atoms with E-state index in [1.165, 1.54) is 17.4 Å². The number of sulfonamides is 1. The van der Waals surface area contributed by atoms with Crippen molar-refractivity contribution in [1.82, 2.24) is 9.03 Å². The van der Waals surface area contributed by atoms with Crippen LogP contribution in [0.25, 0.3) is 0 Å². The van der Waals surface area contributed by atoms with Gasteiger partial charge in [-0.15, -0.1) is 11.3 Å². The molecule has 1 rings (SSSR count). The Labute approximate surface area is 124 Å². The second kappa shape index (κ2) is 6.50. The summed E-state index contributed by atoms with van der Waals surface area (Å²) in [5.74, 6) is 0. The Morgan fingerprint density at radius 3 is 2.35 bits per heavy atom. The average Bonchev–Trinajstić information content (AvgIpc) is 2.76. The van der Waals surface area contributed by atoms with Crippen molar-refractivity contribution in [3.63, 3.8) is 0 Å². The van der Waals surface area contributed by atoms with Gasteiger partial charge in [0, 0.05) is 24.5 Å². The molecule has 0 unspecified atom stereocenters. The van der Waals surface area contributed by atoms with Crippen LogP contribution in [0.15, 0.2) is 16.3 Å². The molecule has 0 aliphatic heterocycles. The zero-order valence-corrected chi connectivity index (χ0v) is 14.0. The van der Waals surface area contributed by atoms with E-state index >= 15 is 0 Å². The fourth-order valence-corrected chi connectivity index (χ4v) is 4.22. The third-order valence-corrected chi connectivity index (χ3v) is 7.01. The quantitative estimate of drug-likeness (QED) is 0.733. The standard InChI is InChI=1S/C10H19N3O4S3/c1-8(2)13(3)20(16,17)12-7-6-9-4-5-10(18-9)19(11,14)15/h4-5,8,12H,6-7H2,1-3H3,(H2,11,14,15). The maximum absolute atomic E-state index is 11.8. The van der Waals surface area contributed by atoms with Crippen LogP contribution in [0.3, 0.4) is 0 Å². The van der Waals surface area contributed by atoms with Crippen molar-refractivity contribution in [3.05, 3.63) is 17.0 Å². The molecule has 0 saturated heterocycles. The van der Waals surface area contributed by atoms with Gasteiger partial charge in [0.15, 0.2) is 0 Å². The molecule has 1 aromatic heterocycles. The van der Waals surface area contributed by atoms with Gasteiger partial charge in [-0.2, -0.15) is 12.7 Å². The number of primary sulfonamides is 1. The third kappa shape index (κ3) is 4.79. The van der Waals surface area contributed by atoms with E-state index in [0.717, 1.165) is 16.2 Å². The molecule has 0 bridgehead atoms. The second-order valence-corrected chi connectivity index (χ2v) is 9.30. The Kier molecular flexibility index (Phi) is 5.70. The van der Waals surface area contributed by atoms with Gasteiger partial charge in [0.2, 0.25) is 10.0 Å². The summed E-state index contributed by atoms with van der Waals surface area (Å²) in [7, 11) is -5.70. The normalized spacial score (nSPS) is 13.3. The van der Waals surface area contributed by atoms with Gasteiger partial charge in [0.1, 0.15) is 4.21 Å². The number of thiophene rings is 1. The highest BCUT2D eigenvalue weighted by Gasteiger charge is 2.19. The van der Waals surface area contributed by atoms with E-state index in [1.807, 2.05) is 0 Å². The summed E-state index contributed by atoms with van der Waals surface area (Å²) < 4.78 is 49.7. The number of hydrogen-bond donors (Lipinski definition) is 2. The number of nitrogens with two attached hydrogens (primary N) is 1. The highest BCUT2D eigenvalue weighted by Crippen LogP contribution is 2.20. The minimum Gasteiger partial charge on any atom is -0.224 e. The van der Waals surface area contributed by atoms with E-state index in [1.54, 1.807) is 19.9 Å². The highest BCUT2D eigenvalue weighted by atomic mass is 32.2. The maximum Gasteiger partial charge on any atom is 0.279 e. The molecule has 20 heavy (non-hydrogen) atoms. The molecule has 0 aliphatic carbocycles. The molecule has 0 saturated carbocycles. The maximum atomic E-state index is 11.8. The van der Waals surface area contributed by atoms with E-state index in [-0.39, 0.29) is 16.8 Å². The lowest BCUT2D eigenvalue weighted by molar-refractivity contribution is 0.403. The molecule has 7 nitrogen and oxygen atoms in total. The smallest absolute Gasteiger partial charge is 0.224 e. The van der Waals surface area contributed by atoms with Crippen LogP contribution in [0.1, 0.15) is 18.7 Å². The number of rotatable bonds is 7. The van der Waals surface area contributed by atoms with Crippen LogP contribution in [0.4, 0.5) is 0 Å². The Bertz CT molecular complexity index is 649. The summed E-state index contributed by atoms with van der Waals surface area (Å²) in [4.78, 5) is 0.754. The summed E-state index contributed by atoms with van der Waals surface area (Å²) in [6.07, 6.45) is 0.408. The molecule has 0 spiro atoms. The summed E-state index contributed by atoms with van der Waals surface area (Å²) in [5, 5.41) is 5.01. The summed E-state index contributed by atoms with van der Waals surface area (Å²) >= 11 is 1.04. The zero-order chi connectivity index (χ0) is 15.6. The predicted octanol–water partition coefficient (Wildman–Crippen LogP) is 0.113. The largest absolute Gasteiger partial charge is 0.279 e. The van der Waals surface area contributed by atoms with Gasteiger partial charge in [-0.3, -0.25) is 0 Å². The lowest BCUT2D eigenvalue weighted by Gasteiger charge is -2.21. The van der Waals surface area contributed by atoms with E-state index in [2.05, 4.69) is 4.72 Å². The van der Waals surface area contributed by atoms with E-state index in [4.69, 9.17) is 5.14 Å². The Morgan fingerprint density at radius 2 is 1.90 bits per heavy atom. The van der Waals surface area contributed by atoms with Crippen molar-refractivity contribution >= 4 is 31.6 Å². The Morgan fingerprint density at radius 1 is 1.30 bits per heavy atom. The van der Waals surface area contributed by atoms with E-state index in [9.17, 15) is 16.8 Å². The molecule has 0 aliphatic rings. The molecule has 1 aromatic rings. The Hall–Kier alpha value is -0.520. The SMILES string of the molecule is CC(C)N(C)S(=O)(=O)NCCc1ccc(S(N)(=O)=O)s1. The molecule has 0 atom stereocenters. The van der Waals surface area contributed by atoms with Gasteiger partial charge < -0.3 is 0 Å². The molecule has 116 valence electrons. The van der Waals surface area contributed by atoms with Crippen LogP contribution in [0.5, 0.6) is 0 Å². The lowest BCUT2D eigenvalue weighted by atomic mass is 10.3. The first kappa shape index (κ1) is 17.5. The van der Waals surface area contributed by atoms with Crippen LogP contribution >= 0.6 is 11.3 Å². The molecule has 1 heterocycles. The van der Waals surface area contributed by atoms with Crippen molar-refractivity contribution in [2.45, 2.75) is 30.5 Å². The van der Waals surface area contributed by atoms with Gasteiger partial charge in [0.05, 0.1) is 0 Å². The lowest BCUT2D eigenvalue weighted by Crippen LogP contribution is -2.42. The highest BCUT2D eigenvalue weighted by molar-refractivity contribution is 7.91. The van der Waals surface area contributed by atoms with E-state index in [0.29, 0.717) is 6.42 Å². The molecule has 0 fully saturated rings. The zero-order valence-electron chi connectivity index (χ0n) is 11.5. The topological polar surface area (TPSA) is 110 Å². The van der Waals surface area contributed by atoms with Crippen LogP contribution in [-0.4, -0.2) is 40.8 Å². The first-order valence-electron chi connectivity index (χ1n) is 5.88. The second-order valence-electron chi connectivity index (χ2n) is 4.53. The van der Waals surface area contributed by atoms with Crippen molar-refractivity contribution in [3.8, 4) is 0 Å². The van der Waals surface area contributed by atoms with Gasteiger partial charge in [-0.05, 0) is 32.4 Å².